The van der Waals surface area contributed by atoms with Crippen LogP contribution in [-0.2, 0) is 4.79 Å². The molecule has 0 radical (unpaired) electrons. The monoisotopic (exact) mass is 386 g/mol. The van der Waals surface area contributed by atoms with Crippen molar-refractivity contribution in [3.63, 3.8) is 0 Å². The molecule has 0 heterocycles. The molecule has 2 nitrogen and oxygen atoms in total. The summed E-state index contributed by atoms with van der Waals surface area (Å²) in [7, 11) is 0. The molecule has 0 aliphatic carbocycles. The molecule has 0 aromatic carbocycles. The molecule has 0 saturated heterocycles. The normalized spacial score (nSPS) is 17.3. The fraction of sp³-hybridized carbons (Fsp3) is 0.700. The van der Waals surface area contributed by atoms with Gasteiger partial charge in [0.25, 0.3) is 5.67 Å². The molecule has 0 rings (SSSR count). The molecule has 0 aromatic rings. The molecule has 1 atom stereocenters. The molecular formula is C10H6F12O2. The number of alkyl halides is 12. The van der Waals surface area contributed by atoms with E-state index in [4.69, 9.17) is 5.11 Å². The molecule has 14 heteroatoms. The maximum atomic E-state index is 13.6. The number of aliphatic carboxylic acids is 1. The second-order valence-electron chi connectivity index (χ2n) is 4.39. The van der Waals surface area contributed by atoms with Gasteiger partial charge in [0.2, 0.25) is 0 Å². The third kappa shape index (κ3) is 2.68. The molecule has 0 aliphatic heterocycles. The number of hydrogen-bond donors (Lipinski definition) is 1. The van der Waals surface area contributed by atoms with Crippen LogP contribution in [0.3, 0.4) is 0 Å². The lowest BCUT2D eigenvalue weighted by molar-refractivity contribution is -0.430. The van der Waals surface area contributed by atoms with Gasteiger partial charge >= 0.3 is 35.8 Å². The van der Waals surface area contributed by atoms with Crippen molar-refractivity contribution in [1.82, 2.24) is 0 Å². The minimum Gasteiger partial charge on any atom is -0.479 e. The van der Waals surface area contributed by atoms with Crippen molar-refractivity contribution in [3.05, 3.63) is 12.7 Å². The fourth-order valence-electron chi connectivity index (χ4n) is 1.37. The zero-order valence-corrected chi connectivity index (χ0v) is 10.9. The molecular weight excluding hydrogens is 380 g/mol. The minimum absolute atomic E-state index is 0.0991. The molecule has 0 bridgehead atoms. The highest BCUT2D eigenvalue weighted by atomic mass is 19.4. The van der Waals surface area contributed by atoms with Gasteiger partial charge in [-0.1, -0.05) is 6.08 Å². The van der Waals surface area contributed by atoms with Crippen LogP contribution in [0.15, 0.2) is 12.7 Å². The highest BCUT2D eigenvalue weighted by Crippen LogP contribution is 2.60. The summed E-state index contributed by atoms with van der Waals surface area (Å²) in [6.45, 7) is 2.48. The van der Waals surface area contributed by atoms with Crippen molar-refractivity contribution >= 4 is 5.97 Å². The average molecular weight is 386 g/mol. The van der Waals surface area contributed by atoms with Crippen LogP contribution in [0.2, 0.25) is 0 Å². The van der Waals surface area contributed by atoms with Gasteiger partial charge in [-0.3, -0.25) is 0 Å². The second kappa shape index (κ2) is 5.72. The van der Waals surface area contributed by atoms with E-state index in [9.17, 15) is 57.5 Å². The zero-order chi connectivity index (χ0) is 20.0. The largest absolute Gasteiger partial charge is 0.479 e. The highest BCUT2D eigenvalue weighted by Gasteiger charge is 2.90. The number of carboxylic acid groups (broad SMARTS) is 1. The van der Waals surface area contributed by atoms with Crippen LogP contribution in [0, 0.1) is 0 Å². The SMILES string of the molecule is C=CCC(F)(C(=O)O)C(F)(F)C(F)(F)C(F)(F)C(F)(F)C(F)(F)F. The first kappa shape index (κ1) is 22.4. The minimum atomic E-state index is -7.88. The molecule has 0 aromatic heterocycles. The number of halogens is 12. The van der Waals surface area contributed by atoms with Crippen LogP contribution in [-0.4, -0.2) is 46.6 Å². The first-order valence-corrected chi connectivity index (χ1v) is 5.37. The van der Waals surface area contributed by atoms with Crippen LogP contribution in [0.4, 0.5) is 52.7 Å². The van der Waals surface area contributed by atoms with Gasteiger partial charge in [-0.25, -0.2) is 9.18 Å². The van der Waals surface area contributed by atoms with Crippen LogP contribution in [0.1, 0.15) is 6.42 Å². The van der Waals surface area contributed by atoms with Crippen LogP contribution < -0.4 is 0 Å². The number of rotatable bonds is 7. The lowest BCUT2D eigenvalue weighted by Gasteiger charge is -2.40. The Bertz CT molecular complexity index is 508. The summed E-state index contributed by atoms with van der Waals surface area (Å²) in [4.78, 5) is 10.4. The van der Waals surface area contributed by atoms with Gasteiger partial charge in [-0.05, 0) is 0 Å². The van der Waals surface area contributed by atoms with Gasteiger partial charge in [0.1, 0.15) is 0 Å². The number of hydrogen-bond acceptors (Lipinski definition) is 1. The third-order valence-electron chi connectivity index (χ3n) is 2.80. The van der Waals surface area contributed by atoms with Gasteiger partial charge < -0.3 is 5.11 Å². The van der Waals surface area contributed by atoms with Gasteiger partial charge in [0.05, 0.1) is 0 Å². The van der Waals surface area contributed by atoms with E-state index < -0.39 is 47.9 Å². The summed E-state index contributed by atoms with van der Waals surface area (Å²) in [6, 6.07) is 0. The van der Waals surface area contributed by atoms with E-state index in [1.165, 1.54) is 0 Å². The van der Waals surface area contributed by atoms with E-state index >= 15 is 0 Å². The van der Waals surface area contributed by atoms with Crippen molar-refractivity contribution in [1.29, 1.82) is 0 Å². The molecule has 24 heavy (non-hydrogen) atoms. The predicted octanol–water partition coefficient (Wildman–Crippen LogP) is 4.46. The summed E-state index contributed by atoms with van der Waals surface area (Å²) in [6.07, 6.45) is -9.81. The average Bonchev–Trinajstić information content (AvgIpc) is 2.36. The van der Waals surface area contributed by atoms with Gasteiger partial charge in [0.15, 0.2) is 0 Å². The summed E-state index contributed by atoms with van der Waals surface area (Å²) < 4.78 is 153. The summed E-state index contributed by atoms with van der Waals surface area (Å²) in [5, 5.41) is 8.20. The summed E-state index contributed by atoms with van der Waals surface area (Å²) in [5.41, 5.74) is -5.64. The Kier molecular flexibility index (Phi) is 5.33. The Morgan fingerprint density at radius 1 is 0.750 bits per heavy atom. The first-order valence-electron chi connectivity index (χ1n) is 5.37. The topological polar surface area (TPSA) is 37.3 Å². The molecule has 1 N–H and O–H groups in total. The van der Waals surface area contributed by atoms with E-state index in [2.05, 4.69) is 6.58 Å². The fourth-order valence-corrected chi connectivity index (χ4v) is 1.37. The van der Waals surface area contributed by atoms with Crippen LogP contribution in [0.5, 0.6) is 0 Å². The van der Waals surface area contributed by atoms with Crippen molar-refractivity contribution in [2.24, 2.45) is 0 Å². The van der Waals surface area contributed by atoms with Crippen LogP contribution in [0.25, 0.3) is 0 Å². The van der Waals surface area contributed by atoms with Crippen molar-refractivity contribution in [2.45, 2.75) is 42.0 Å². The van der Waals surface area contributed by atoms with Gasteiger partial charge in [-0.15, -0.1) is 6.58 Å². The molecule has 0 amide bonds. The summed E-state index contributed by atoms with van der Waals surface area (Å²) in [5.74, 6) is -34.0. The number of allylic oxidation sites excluding steroid dienone is 1. The van der Waals surface area contributed by atoms with Crippen molar-refractivity contribution in [3.8, 4) is 0 Å². The zero-order valence-electron chi connectivity index (χ0n) is 10.9. The first-order chi connectivity index (χ1) is 10.3. The highest BCUT2D eigenvalue weighted by molar-refractivity contribution is 5.79. The Hall–Kier alpha value is -1.63. The van der Waals surface area contributed by atoms with Gasteiger partial charge in [-0.2, -0.15) is 48.3 Å². The van der Waals surface area contributed by atoms with Crippen molar-refractivity contribution < 1.29 is 62.6 Å². The lowest BCUT2D eigenvalue weighted by Crippen LogP contribution is -2.72. The smallest absolute Gasteiger partial charge is 0.460 e. The molecule has 1 unspecified atom stereocenters. The predicted molar refractivity (Wildman–Crippen MR) is 52.1 cm³/mol. The number of carbonyl (C=O) groups is 1. The second-order valence-corrected chi connectivity index (χ2v) is 4.39. The molecule has 0 fully saturated rings. The van der Waals surface area contributed by atoms with E-state index in [0.717, 1.165) is 0 Å². The Morgan fingerprint density at radius 3 is 1.33 bits per heavy atom. The maximum absolute atomic E-state index is 13.6. The molecule has 142 valence electrons. The molecule has 0 spiro atoms. The standard InChI is InChI=1S/C10H6F12O2/c1-2-3-5(11,4(23)24)6(12,13)7(14,15)8(16,17)9(18,19)10(20,21)22/h2H,1,3H2,(H,23,24). The quantitative estimate of drug-likeness (QED) is 0.518. The Morgan fingerprint density at radius 2 is 1.08 bits per heavy atom. The Labute approximate surface area is 124 Å². The maximum Gasteiger partial charge on any atom is 0.460 e. The molecule has 0 saturated carbocycles. The van der Waals surface area contributed by atoms with E-state index in [-0.39, 0.29) is 6.08 Å². The van der Waals surface area contributed by atoms with Crippen LogP contribution >= 0.6 is 0 Å². The van der Waals surface area contributed by atoms with Crippen molar-refractivity contribution in [2.75, 3.05) is 0 Å². The van der Waals surface area contributed by atoms with E-state index in [0.29, 0.717) is 0 Å². The number of carboxylic acids is 1. The van der Waals surface area contributed by atoms with Gasteiger partial charge in [0, 0.05) is 6.42 Å². The van der Waals surface area contributed by atoms with E-state index in [1.54, 1.807) is 0 Å². The van der Waals surface area contributed by atoms with E-state index in [1.807, 2.05) is 0 Å². The Balaban J connectivity index is 6.48. The molecule has 0 aliphatic rings. The summed E-state index contributed by atoms with van der Waals surface area (Å²) >= 11 is 0. The third-order valence-corrected chi connectivity index (χ3v) is 2.80. The lowest BCUT2D eigenvalue weighted by atomic mass is 9.84.